The number of amides is 1. The SMILES string of the molecule is O=C(NNc1ccccc1[N+](=O)[O-])c1cc2c(s1)CCC2. The van der Waals surface area contributed by atoms with Gasteiger partial charge in [-0.15, -0.1) is 11.3 Å². The molecule has 0 spiro atoms. The Morgan fingerprint density at radius 2 is 2.10 bits per heavy atom. The van der Waals surface area contributed by atoms with Crippen LogP contribution in [-0.4, -0.2) is 10.8 Å². The lowest BCUT2D eigenvalue weighted by Crippen LogP contribution is -2.29. The van der Waals surface area contributed by atoms with Crippen molar-refractivity contribution in [1.29, 1.82) is 0 Å². The summed E-state index contributed by atoms with van der Waals surface area (Å²) < 4.78 is 0. The molecule has 0 fully saturated rings. The minimum atomic E-state index is -0.492. The molecule has 0 atom stereocenters. The van der Waals surface area contributed by atoms with E-state index in [-0.39, 0.29) is 17.3 Å². The van der Waals surface area contributed by atoms with Gasteiger partial charge in [-0.25, -0.2) is 0 Å². The van der Waals surface area contributed by atoms with Gasteiger partial charge in [-0.2, -0.15) is 0 Å². The molecule has 7 heteroatoms. The number of hydrogen-bond donors (Lipinski definition) is 2. The Bertz CT molecular complexity index is 690. The highest BCUT2D eigenvalue weighted by molar-refractivity contribution is 7.14. The molecule has 6 nitrogen and oxygen atoms in total. The molecule has 2 aromatic rings. The number of carbonyl (C=O) groups excluding carboxylic acids is 1. The van der Waals surface area contributed by atoms with Crippen LogP contribution in [0.5, 0.6) is 0 Å². The van der Waals surface area contributed by atoms with Gasteiger partial charge in [0, 0.05) is 10.9 Å². The van der Waals surface area contributed by atoms with Gasteiger partial charge >= 0.3 is 0 Å². The fourth-order valence-corrected chi connectivity index (χ4v) is 3.51. The molecule has 0 radical (unpaired) electrons. The molecule has 2 N–H and O–H groups in total. The normalized spacial score (nSPS) is 12.8. The van der Waals surface area contributed by atoms with Gasteiger partial charge in [-0.1, -0.05) is 12.1 Å². The lowest BCUT2D eigenvalue weighted by molar-refractivity contribution is -0.384. The van der Waals surface area contributed by atoms with Crippen LogP contribution in [0.1, 0.15) is 26.5 Å². The average molecular weight is 303 g/mol. The number of nitro benzene ring substituents is 1. The minimum absolute atomic E-state index is 0.0773. The van der Waals surface area contributed by atoms with Crippen molar-refractivity contribution >= 4 is 28.6 Å². The third kappa shape index (κ3) is 2.73. The Labute approximate surface area is 124 Å². The highest BCUT2D eigenvalue weighted by Crippen LogP contribution is 2.30. The molecule has 1 aliphatic rings. The number of fused-ring (bicyclic) bond motifs is 1. The number of anilines is 1. The molecule has 3 rings (SSSR count). The van der Waals surface area contributed by atoms with E-state index in [1.54, 1.807) is 18.2 Å². The Hall–Kier alpha value is -2.41. The first-order valence-electron chi connectivity index (χ1n) is 6.56. The van der Waals surface area contributed by atoms with Gasteiger partial charge in [0.25, 0.3) is 11.6 Å². The molecule has 1 aromatic heterocycles. The highest BCUT2D eigenvalue weighted by Gasteiger charge is 2.19. The maximum Gasteiger partial charge on any atom is 0.294 e. The number of rotatable bonds is 4. The number of nitrogens with zero attached hydrogens (tertiary/aromatic N) is 1. The third-order valence-corrected chi connectivity index (χ3v) is 4.62. The molecule has 0 bridgehead atoms. The summed E-state index contributed by atoms with van der Waals surface area (Å²) in [4.78, 5) is 24.4. The van der Waals surface area contributed by atoms with E-state index < -0.39 is 4.92 Å². The first-order chi connectivity index (χ1) is 10.1. The van der Waals surface area contributed by atoms with Crippen molar-refractivity contribution in [1.82, 2.24) is 5.43 Å². The molecule has 0 saturated heterocycles. The van der Waals surface area contributed by atoms with Crippen LogP contribution in [0, 0.1) is 10.1 Å². The van der Waals surface area contributed by atoms with E-state index in [0.717, 1.165) is 19.3 Å². The summed E-state index contributed by atoms with van der Waals surface area (Å²) in [6, 6.07) is 8.08. The maximum atomic E-state index is 12.1. The van der Waals surface area contributed by atoms with Crippen LogP contribution in [0.15, 0.2) is 30.3 Å². The van der Waals surface area contributed by atoms with Gasteiger partial charge in [0.1, 0.15) is 5.69 Å². The van der Waals surface area contributed by atoms with Crippen molar-refractivity contribution in [3.8, 4) is 0 Å². The van der Waals surface area contributed by atoms with Gasteiger partial charge < -0.3 is 0 Å². The van der Waals surface area contributed by atoms with Crippen LogP contribution >= 0.6 is 11.3 Å². The van der Waals surface area contributed by atoms with Gasteiger partial charge in [0.05, 0.1) is 9.80 Å². The van der Waals surface area contributed by atoms with Crippen LogP contribution in [0.25, 0.3) is 0 Å². The van der Waals surface area contributed by atoms with Crippen molar-refractivity contribution < 1.29 is 9.72 Å². The largest absolute Gasteiger partial charge is 0.294 e. The van der Waals surface area contributed by atoms with Crippen LogP contribution in [-0.2, 0) is 12.8 Å². The lowest BCUT2D eigenvalue weighted by atomic mass is 10.2. The van der Waals surface area contributed by atoms with Crippen molar-refractivity contribution in [3.63, 3.8) is 0 Å². The molecule has 21 heavy (non-hydrogen) atoms. The number of aryl methyl sites for hydroxylation is 2. The molecule has 1 heterocycles. The predicted octanol–water partition coefficient (Wildman–Crippen LogP) is 2.90. The number of nitrogens with one attached hydrogen (secondary N) is 2. The second-order valence-corrected chi connectivity index (χ2v) is 5.90. The zero-order valence-corrected chi connectivity index (χ0v) is 11.9. The predicted molar refractivity (Wildman–Crippen MR) is 80.5 cm³/mol. The molecule has 108 valence electrons. The van der Waals surface area contributed by atoms with E-state index in [4.69, 9.17) is 0 Å². The van der Waals surface area contributed by atoms with E-state index in [9.17, 15) is 14.9 Å². The molecule has 0 saturated carbocycles. The summed E-state index contributed by atoms with van der Waals surface area (Å²) in [7, 11) is 0. The van der Waals surface area contributed by atoms with Crippen LogP contribution < -0.4 is 10.9 Å². The minimum Gasteiger partial charge on any atom is -0.292 e. The Morgan fingerprint density at radius 1 is 1.29 bits per heavy atom. The van der Waals surface area contributed by atoms with Gasteiger partial charge in [0.2, 0.25) is 0 Å². The Morgan fingerprint density at radius 3 is 2.86 bits per heavy atom. The van der Waals surface area contributed by atoms with Crippen molar-refractivity contribution in [2.75, 3.05) is 5.43 Å². The molecule has 1 aromatic carbocycles. The molecule has 1 amide bonds. The maximum absolute atomic E-state index is 12.1. The first-order valence-corrected chi connectivity index (χ1v) is 7.38. The second-order valence-electron chi connectivity index (χ2n) is 4.77. The molecule has 0 aliphatic heterocycles. The summed E-state index contributed by atoms with van der Waals surface area (Å²) in [6.45, 7) is 0. The number of carbonyl (C=O) groups is 1. The fourth-order valence-electron chi connectivity index (χ4n) is 2.37. The van der Waals surface area contributed by atoms with Crippen LogP contribution in [0.3, 0.4) is 0 Å². The van der Waals surface area contributed by atoms with Crippen molar-refractivity contribution in [2.45, 2.75) is 19.3 Å². The molecular weight excluding hydrogens is 290 g/mol. The summed E-state index contributed by atoms with van der Waals surface area (Å²) >= 11 is 1.49. The monoisotopic (exact) mass is 303 g/mol. The standard InChI is InChI=1S/C14H13N3O3S/c18-14(13-8-9-4-3-7-12(9)21-13)16-15-10-5-1-2-6-11(10)17(19)20/h1-2,5-6,8,15H,3-4,7H2,(H,16,18). The van der Waals surface area contributed by atoms with Crippen molar-refractivity contribution in [3.05, 3.63) is 55.8 Å². The number of thiophene rings is 1. The van der Waals surface area contributed by atoms with Gasteiger partial charge in [-0.3, -0.25) is 25.8 Å². The van der Waals surface area contributed by atoms with Crippen LogP contribution in [0.2, 0.25) is 0 Å². The molecule has 0 unspecified atom stereocenters. The molecule has 1 aliphatic carbocycles. The van der Waals surface area contributed by atoms with E-state index in [2.05, 4.69) is 10.9 Å². The fraction of sp³-hybridized carbons (Fsp3) is 0.214. The number of nitro groups is 1. The van der Waals surface area contributed by atoms with Crippen LogP contribution in [0.4, 0.5) is 11.4 Å². The molecular formula is C14H13N3O3S. The summed E-state index contributed by atoms with van der Waals surface area (Å²) in [5.41, 5.74) is 6.57. The quantitative estimate of drug-likeness (QED) is 0.672. The average Bonchev–Trinajstić information content (AvgIpc) is 3.06. The Kier molecular flexibility index (Phi) is 3.57. The van der Waals surface area contributed by atoms with E-state index in [1.807, 2.05) is 6.07 Å². The first kappa shape index (κ1) is 13.6. The highest BCUT2D eigenvalue weighted by atomic mass is 32.1. The van der Waals surface area contributed by atoms with E-state index in [0.29, 0.717) is 4.88 Å². The van der Waals surface area contributed by atoms with E-state index >= 15 is 0 Å². The third-order valence-electron chi connectivity index (χ3n) is 3.38. The zero-order valence-electron chi connectivity index (χ0n) is 11.1. The number of hydrogen-bond acceptors (Lipinski definition) is 5. The topological polar surface area (TPSA) is 84.3 Å². The number of benzene rings is 1. The summed E-state index contributed by atoms with van der Waals surface area (Å²) in [6.07, 6.45) is 3.21. The van der Waals surface area contributed by atoms with Gasteiger partial charge in [0.15, 0.2) is 0 Å². The number of hydrazine groups is 1. The summed E-state index contributed by atoms with van der Waals surface area (Å²) in [5, 5.41) is 10.9. The smallest absolute Gasteiger partial charge is 0.292 e. The van der Waals surface area contributed by atoms with E-state index in [1.165, 1.54) is 27.8 Å². The van der Waals surface area contributed by atoms with Crippen molar-refractivity contribution in [2.24, 2.45) is 0 Å². The number of para-hydroxylation sites is 2. The lowest BCUT2D eigenvalue weighted by Gasteiger charge is -2.07. The zero-order chi connectivity index (χ0) is 14.8. The second kappa shape index (κ2) is 5.53. The Balaban J connectivity index is 1.70. The summed E-state index contributed by atoms with van der Waals surface area (Å²) in [5.74, 6) is -0.271. The van der Waals surface area contributed by atoms with Gasteiger partial charge in [-0.05, 0) is 37.0 Å².